The number of carbonyl (C=O) groups excluding carboxylic acids is 1. The van der Waals surface area contributed by atoms with Crippen molar-refractivity contribution < 1.29 is 13.6 Å². The molecule has 1 unspecified atom stereocenters. The summed E-state index contributed by atoms with van der Waals surface area (Å²) in [6.07, 6.45) is 5.07. The van der Waals surface area contributed by atoms with E-state index in [4.69, 9.17) is 44.1 Å². The summed E-state index contributed by atoms with van der Waals surface area (Å²) in [4.78, 5) is 18.0. The van der Waals surface area contributed by atoms with E-state index in [-0.39, 0.29) is 22.8 Å². The highest BCUT2D eigenvalue weighted by Gasteiger charge is 2.36. The van der Waals surface area contributed by atoms with Crippen LogP contribution < -0.4 is 11.5 Å². The Balaban J connectivity index is 1.91. The Labute approximate surface area is 241 Å². The zero-order valence-corrected chi connectivity index (χ0v) is 24.1. The van der Waals surface area contributed by atoms with E-state index in [1.54, 1.807) is 18.2 Å². The number of primary amides is 1. The Hall–Kier alpha value is -3.43. The van der Waals surface area contributed by atoms with Crippen LogP contribution in [0.1, 0.15) is 76.1 Å². The molecule has 210 valence electrons. The quantitative estimate of drug-likeness (QED) is 0.245. The molecule has 4 N–H and O–H groups in total. The third-order valence-corrected chi connectivity index (χ3v) is 7.93. The van der Waals surface area contributed by atoms with Gasteiger partial charge >= 0.3 is 6.01 Å². The number of aromatic nitrogens is 4. The van der Waals surface area contributed by atoms with Gasteiger partial charge in [0.05, 0.1) is 22.3 Å². The molecule has 0 aliphatic heterocycles. The van der Waals surface area contributed by atoms with Crippen molar-refractivity contribution in [1.29, 1.82) is 0 Å². The maximum atomic E-state index is 14.3. The van der Waals surface area contributed by atoms with Gasteiger partial charge in [0.15, 0.2) is 5.69 Å². The highest BCUT2D eigenvalue weighted by atomic mass is 35.5. The van der Waals surface area contributed by atoms with Crippen molar-refractivity contribution in [2.45, 2.75) is 64.7 Å². The molecule has 1 fully saturated rings. The molecule has 5 rings (SSSR count). The molecule has 0 saturated heterocycles. The van der Waals surface area contributed by atoms with Gasteiger partial charge in [-0.2, -0.15) is 0 Å². The second kappa shape index (κ2) is 10.9. The monoisotopic (exact) mass is 584 g/mol. The molecule has 0 bridgehead atoms. The maximum absolute atomic E-state index is 14.3. The fourth-order valence-corrected chi connectivity index (χ4v) is 6.05. The van der Waals surface area contributed by atoms with Gasteiger partial charge in [0.25, 0.3) is 5.89 Å². The van der Waals surface area contributed by atoms with Crippen molar-refractivity contribution in [3.63, 3.8) is 0 Å². The van der Waals surface area contributed by atoms with E-state index in [1.165, 1.54) is 12.1 Å². The molecule has 8 nitrogen and oxygen atoms in total. The van der Waals surface area contributed by atoms with Gasteiger partial charge in [-0.15, -0.1) is 5.10 Å². The number of anilines is 1. The SMILES string of the molecule is CC(C)(C)C(C(N)=O)c1ccc(Cl)cc1-n1c(C2CCCCC2)nc(-c2nnc(N)o2)c1-c1ccc(F)c(Cl)c1. The number of hydrogen-bond donors (Lipinski definition) is 2. The smallest absolute Gasteiger partial charge is 0.313 e. The molecular weight excluding hydrogens is 554 g/mol. The van der Waals surface area contributed by atoms with Gasteiger partial charge < -0.3 is 15.9 Å². The summed E-state index contributed by atoms with van der Waals surface area (Å²) in [6.45, 7) is 5.89. The van der Waals surface area contributed by atoms with Gasteiger partial charge in [0.1, 0.15) is 11.6 Å². The van der Waals surface area contributed by atoms with Crippen LogP contribution in [0.15, 0.2) is 40.8 Å². The first-order chi connectivity index (χ1) is 19.0. The molecule has 40 heavy (non-hydrogen) atoms. The molecular formula is C29H31Cl2FN6O2. The first-order valence-corrected chi connectivity index (χ1v) is 14.0. The third kappa shape index (κ3) is 5.32. The van der Waals surface area contributed by atoms with Crippen LogP contribution in [0.3, 0.4) is 0 Å². The standard InChI is InChI=1S/C29H31Cl2FN6O2/c1-29(2,3)22(25(33)39)18-11-10-17(30)14-21(18)38-24(16-9-12-20(32)19(31)13-16)23(27-36-37-28(34)40-27)35-26(38)15-7-5-4-6-8-15/h9-15,22H,4-8H2,1-3H3,(H2,33,39)(H2,34,37). The molecule has 0 spiro atoms. The van der Waals surface area contributed by atoms with E-state index >= 15 is 0 Å². The highest BCUT2D eigenvalue weighted by Crippen LogP contribution is 2.45. The zero-order valence-electron chi connectivity index (χ0n) is 22.5. The topological polar surface area (TPSA) is 126 Å². The second-order valence-corrected chi connectivity index (χ2v) is 12.2. The molecule has 1 saturated carbocycles. The lowest BCUT2D eigenvalue weighted by Gasteiger charge is -2.31. The molecule has 1 aliphatic rings. The van der Waals surface area contributed by atoms with E-state index in [9.17, 15) is 9.18 Å². The summed E-state index contributed by atoms with van der Waals surface area (Å²) in [5.74, 6) is -0.749. The fourth-order valence-electron chi connectivity index (χ4n) is 5.71. The first kappa shape index (κ1) is 28.1. The van der Waals surface area contributed by atoms with Crippen LogP contribution in [0.4, 0.5) is 10.4 Å². The molecule has 2 aromatic heterocycles. The molecule has 0 radical (unpaired) electrons. The molecule has 1 amide bonds. The normalized spacial score (nSPS) is 15.3. The number of nitrogens with two attached hydrogens (primary N) is 2. The fraction of sp³-hybridized carbons (Fsp3) is 0.379. The zero-order chi connectivity index (χ0) is 28.8. The van der Waals surface area contributed by atoms with Gasteiger partial charge in [0, 0.05) is 16.5 Å². The minimum atomic E-state index is -0.659. The number of benzene rings is 2. The van der Waals surface area contributed by atoms with Crippen LogP contribution in [0.25, 0.3) is 28.5 Å². The van der Waals surface area contributed by atoms with Gasteiger partial charge in [-0.25, -0.2) is 9.37 Å². The predicted octanol–water partition coefficient (Wildman–Crippen LogP) is 7.28. The lowest BCUT2D eigenvalue weighted by atomic mass is 9.75. The van der Waals surface area contributed by atoms with Crippen molar-refractivity contribution in [2.75, 3.05) is 5.73 Å². The average Bonchev–Trinajstić information content (AvgIpc) is 3.50. The number of imidazole rings is 1. The highest BCUT2D eigenvalue weighted by molar-refractivity contribution is 6.31. The summed E-state index contributed by atoms with van der Waals surface area (Å²) in [6, 6.07) is 9.69. The third-order valence-electron chi connectivity index (χ3n) is 7.40. The van der Waals surface area contributed by atoms with E-state index < -0.39 is 23.1 Å². The van der Waals surface area contributed by atoms with Crippen molar-refractivity contribution in [2.24, 2.45) is 11.1 Å². The number of amides is 1. The number of carbonyl (C=O) groups is 1. The summed E-state index contributed by atoms with van der Waals surface area (Å²) >= 11 is 12.9. The van der Waals surface area contributed by atoms with Crippen LogP contribution in [-0.4, -0.2) is 25.7 Å². The minimum absolute atomic E-state index is 0.0588. The number of nitrogen functional groups attached to an aromatic ring is 1. The van der Waals surface area contributed by atoms with Crippen LogP contribution in [0.5, 0.6) is 0 Å². The van der Waals surface area contributed by atoms with Gasteiger partial charge in [-0.1, -0.05) is 74.4 Å². The number of rotatable bonds is 6. The van der Waals surface area contributed by atoms with Crippen LogP contribution in [-0.2, 0) is 4.79 Å². The summed E-state index contributed by atoms with van der Waals surface area (Å²) < 4.78 is 21.9. The van der Waals surface area contributed by atoms with E-state index in [1.807, 2.05) is 31.4 Å². The Kier molecular flexibility index (Phi) is 7.63. The molecule has 2 aromatic carbocycles. The number of hydrogen-bond acceptors (Lipinski definition) is 6. The van der Waals surface area contributed by atoms with Gasteiger partial charge in [0.2, 0.25) is 5.91 Å². The molecule has 11 heteroatoms. The van der Waals surface area contributed by atoms with Gasteiger partial charge in [-0.05, 0) is 54.2 Å². The Morgan fingerprint density at radius 2 is 1.82 bits per heavy atom. The van der Waals surface area contributed by atoms with Gasteiger partial charge in [-0.3, -0.25) is 9.36 Å². The van der Waals surface area contributed by atoms with E-state index in [0.29, 0.717) is 33.2 Å². The second-order valence-electron chi connectivity index (χ2n) is 11.3. The Morgan fingerprint density at radius 3 is 2.42 bits per heavy atom. The lowest BCUT2D eigenvalue weighted by molar-refractivity contribution is -0.121. The van der Waals surface area contributed by atoms with Crippen molar-refractivity contribution >= 4 is 35.1 Å². The lowest BCUT2D eigenvalue weighted by Crippen LogP contribution is -2.32. The van der Waals surface area contributed by atoms with Crippen molar-refractivity contribution in [3.8, 4) is 28.5 Å². The van der Waals surface area contributed by atoms with E-state index in [0.717, 1.165) is 37.9 Å². The molecule has 4 aromatic rings. The first-order valence-electron chi connectivity index (χ1n) is 13.2. The molecule has 2 heterocycles. The maximum Gasteiger partial charge on any atom is 0.313 e. The molecule has 1 atom stereocenters. The Bertz CT molecular complexity index is 1570. The summed E-state index contributed by atoms with van der Waals surface area (Å²) in [5, 5.41) is 8.37. The number of halogens is 3. The molecule has 1 aliphatic carbocycles. The minimum Gasteiger partial charge on any atom is -0.402 e. The van der Waals surface area contributed by atoms with Crippen molar-refractivity contribution in [1.82, 2.24) is 19.7 Å². The van der Waals surface area contributed by atoms with Crippen LogP contribution >= 0.6 is 23.2 Å². The number of nitrogens with zero attached hydrogens (tertiary/aromatic N) is 4. The van der Waals surface area contributed by atoms with Crippen LogP contribution in [0.2, 0.25) is 10.0 Å². The Morgan fingerprint density at radius 1 is 1.10 bits per heavy atom. The largest absolute Gasteiger partial charge is 0.402 e. The van der Waals surface area contributed by atoms with Crippen LogP contribution in [0, 0.1) is 11.2 Å². The summed E-state index contributed by atoms with van der Waals surface area (Å²) in [7, 11) is 0. The van der Waals surface area contributed by atoms with E-state index in [2.05, 4.69) is 10.2 Å². The average molecular weight is 586 g/mol. The van der Waals surface area contributed by atoms with Crippen molar-refractivity contribution in [3.05, 3.63) is 63.6 Å². The summed E-state index contributed by atoms with van der Waals surface area (Å²) in [5.41, 5.74) is 14.1. The predicted molar refractivity (Wildman–Crippen MR) is 154 cm³/mol.